The Morgan fingerprint density at radius 2 is 0.691 bits per heavy atom. The molecule has 11 aromatic carbocycles. The van der Waals surface area contributed by atoms with Crippen LogP contribution in [-0.2, 0) is 0 Å². The quantitative estimate of drug-likeness (QED) is 0.133. The van der Waals surface area contributed by atoms with Gasteiger partial charge in [-0.3, -0.25) is 0 Å². The third kappa shape index (κ3) is 7.54. The maximum atomic E-state index is 2.43. The molecule has 12 rings (SSSR count). The van der Waals surface area contributed by atoms with Crippen molar-refractivity contribution >= 4 is 38.9 Å². The number of anilines is 3. The van der Waals surface area contributed by atoms with Crippen LogP contribution in [0.4, 0.5) is 17.1 Å². The van der Waals surface area contributed by atoms with Crippen LogP contribution in [0.2, 0.25) is 0 Å². The predicted molar refractivity (Wildman–Crippen MR) is 288 cm³/mol. The van der Waals surface area contributed by atoms with E-state index in [1.165, 1.54) is 77.4 Å². The van der Waals surface area contributed by atoms with Gasteiger partial charge in [0.15, 0.2) is 0 Å². The lowest BCUT2D eigenvalue weighted by atomic mass is 9.88. The maximum Gasteiger partial charge on any atom is 0.0541 e. The Morgan fingerprint density at radius 1 is 0.235 bits per heavy atom. The van der Waals surface area contributed by atoms with Crippen molar-refractivity contribution in [2.45, 2.75) is 0 Å². The lowest BCUT2D eigenvalue weighted by molar-refractivity contribution is 1.18. The Balaban J connectivity index is 1.01. The van der Waals surface area contributed by atoms with E-state index in [0.717, 1.165) is 33.9 Å². The van der Waals surface area contributed by atoms with Crippen LogP contribution in [0.1, 0.15) is 0 Å². The molecule has 0 saturated carbocycles. The zero-order chi connectivity index (χ0) is 45.2. The van der Waals surface area contributed by atoms with Gasteiger partial charge in [-0.15, -0.1) is 0 Å². The summed E-state index contributed by atoms with van der Waals surface area (Å²) in [6.45, 7) is 0. The van der Waals surface area contributed by atoms with Crippen LogP contribution in [0.15, 0.2) is 279 Å². The minimum absolute atomic E-state index is 1.07. The van der Waals surface area contributed by atoms with E-state index in [1.54, 1.807) is 0 Å². The van der Waals surface area contributed by atoms with Crippen molar-refractivity contribution < 1.29 is 0 Å². The molecule has 0 aliphatic heterocycles. The maximum absolute atomic E-state index is 2.43. The van der Waals surface area contributed by atoms with Crippen LogP contribution in [0, 0.1) is 0 Å². The number of rotatable bonds is 10. The molecule has 0 aliphatic rings. The van der Waals surface area contributed by atoms with Crippen LogP contribution in [0.25, 0.3) is 94.3 Å². The van der Waals surface area contributed by atoms with Gasteiger partial charge in [-0.2, -0.15) is 0 Å². The van der Waals surface area contributed by atoms with Crippen LogP contribution in [0.5, 0.6) is 0 Å². The second-order valence-corrected chi connectivity index (χ2v) is 17.3. The van der Waals surface area contributed by atoms with E-state index >= 15 is 0 Å². The molecule has 0 fully saturated rings. The monoisotopic (exact) mass is 866 g/mol. The summed E-state index contributed by atoms with van der Waals surface area (Å²) in [5, 5.41) is 2.47. The Bertz CT molecular complexity index is 3720. The standard InChI is InChI=1S/C66H46N2/c1-4-20-47(21-5-1)50-24-18-25-51(44-50)48-38-41-55(42-39-48)67(64-36-16-14-34-61(64)60-33-13-12-32-59(60)58-31-11-10-30-57(58)49-22-6-2-7-23-49)56-29-19-26-52(45-56)53-40-43-66-63(46-53)62-35-15-17-37-65(62)68(66)54-27-8-3-9-28-54/h1-46H. The van der Waals surface area contributed by atoms with Crippen LogP contribution in [0.3, 0.4) is 0 Å². The van der Waals surface area contributed by atoms with E-state index in [0.29, 0.717) is 0 Å². The third-order valence-corrected chi connectivity index (χ3v) is 13.2. The molecule has 1 aromatic heterocycles. The molecule has 0 N–H and O–H groups in total. The zero-order valence-corrected chi connectivity index (χ0v) is 37.5. The van der Waals surface area contributed by atoms with E-state index in [9.17, 15) is 0 Å². The summed E-state index contributed by atoms with van der Waals surface area (Å²) in [4.78, 5) is 2.43. The number of para-hydroxylation sites is 3. The molecule has 0 saturated heterocycles. The fourth-order valence-corrected chi connectivity index (χ4v) is 10.0. The molecule has 2 heteroatoms. The zero-order valence-electron chi connectivity index (χ0n) is 37.5. The van der Waals surface area contributed by atoms with Gasteiger partial charge < -0.3 is 9.47 Å². The van der Waals surface area contributed by atoms with Crippen molar-refractivity contribution in [1.29, 1.82) is 0 Å². The van der Waals surface area contributed by atoms with Crippen molar-refractivity contribution in [3.8, 4) is 72.4 Å². The topological polar surface area (TPSA) is 8.17 Å². The summed E-state index contributed by atoms with van der Waals surface area (Å²) in [5.74, 6) is 0. The van der Waals surface area contributed by atoms with Gasteiger partial charge in [0.25, 0.3) is 0 Å². The summed E-state index contributed by atoms with van der Waals surface area (Å²) in [6, 6.07) is 101. The van der Waals surface area contributed by atoms with Crippen molar-refractivity contribution in [3.63, 3.8) is 0 Å². The van der Waals surface area contributed by atoms with E-state index in [2.05, 4.69) is 289 Å². The lowest BCUT2D eigenvalue weighted by Gasteiger charge is -2.29. The van der Waals surface area contributed by atoms with E-state index in [1.807, 2.05) is 0 Å². The van der Waals surface area contributed by atoms with Crippen LogP contribution >= 0.6 is 0 Å². The summed E-state index contributed by atoms with van der Waals surface area (Å²) in [7, 11) is 0. The molecule has 12 aromatic rings. The summed E-state index contributed by atoms with van der Waals surface area (Å²) in [5.41, 5.74) is 21.0. The van der Waals surface area contributed by atoms with E-state index < -0.39 is 0 Å². The SMILES string of the molecule is c1ccc(-c2cccc(-c3ccc(N(c4cccc(-c5ccc6c(c5)c5ccccc5n6-c5ccccc5)c4)c4ccccc4-c4ccccc4-c4ccccc4-c4ccccc4)cc3)c2)cc1. The first-order chi connectivity index (χ1) is 33.7. The molecule has 0 unspecified atom stereocenters. The Kier molecular flexibility index (Phi) is 10.6. The minimum atomic E-state index is 1.07. The average molecular weight is 867 g/mol. The lowest BCUT2D eigenvalue weighted by Crippen LogP contribution is -2.11. The highest BCUT2D eigenvalue weighted by Crippen LogP contribution is 2.46. The Morgan fingerprint density at radius 3 is 1.40 bits per heavy atom. The smallest absolute Gasteiger partial charge is 0.0541 e. The number of hydrogen-bond donors (Lipinski definition) is 0. The summed E-state index contributed by atoms with van der Waals surface area (Å²) in [6.07, 6.45) is 0. The number of benzene rings is 11. The third-order valence-electron chi connectivity index (χ3n) is 13.2. The first-order valence-electron chi connectivity index (χ1n) is 23.3. The van der Waals surface area contributed by atoms with Crippen molar-refractivity contribution in [1.82, 2.24) is 4.57 Å². The van der Waals surface area contributed by atoms with Crippen LogP contribution < -0.4 is 4.90 Å². The highest BCUT2D eigenvalue weighted by atomic mass is 15.1. The molecule has 0 radical (unpaired) electrons. The van der Waals surface area contributed by atoms with E-state index in [-0.39, 0.29) is 0 Å². The average Bonchev–Trinajstić information content (AvgIpc) is 3.76. The molecule has 1 heterocycles. The molecular formula is C66H46N2. The second kappa shape index (κ2) is 17.8. The highest BCUT2D eigenvalue weighted by Gasteiger charge is 2.21. The summed E-state index contributed by atoms with van der Waals surface area (Å²) < 4.78 is 2.38. The fourth-order valence-electron chi connectivity index (χ4n) is 10.0. The molecule has 0 aliphatic carbocycles. The van der Waals surface area contributed by atoms with Gasteiger partial charge >= 0.3 is 0 Å². The molecule has 0 spiro atoms. The molecule has 0 bridgehead atoms. The van der Waals surface area contributed by atoms with Gasteiger partial charge in [0, 0.05) is 33.4 Å². The number of aromatic nitrogens is 1. The van der Waals surface area contributed by atoms with Gasteiger partial charge in [-0.25, -0.2) is 0 Å². The summed E-state index contributed by atoms with van der Waals surface area (Å²) >= 11 is 0. The van der Waals surface area contributed by atoms with Crippen molar-refractivity contribution in [2.75, 3.05) is 4.90 Å². The van der Waals surface area contributed by atoms with Crippen molar-refractivity contribution in [3.05, 3.63) is 279 Å². The van der Waals surface area contributed by atoms with Gasteiger partial charge in [0.2, 0.25) is 0 Å². The van der Waals surface area contributed by atoms with Crippen molar-refractivity contribution in [2.24, 2.45) is 0 Å². The highest BCUT2D eigenvalue weighted by molar-refractivity contribution is 6.10. The number of fused-ring (bicyclic) bond motifs is 3. The first-order valence-corrected chi connectivity index (χ1v) is 23.3. The Hall–Kier alpha value is -8.98. The fraction of sp³-hybridized carbons (Fsp3) is 0. The Labute approximate surface area is 397 Å². The number of hydrogen-bond acceptors (Lipinski definition) is 1. The molecule has 0 atom stereocenters. The molecule has 68 heavy (non-hydrogen) atoms. The second-order valence-electron chi connectivity index (χ2n) is 17.3. The van der Waals surface area contributed by atoms with Gasteiger partial charge in [0.05, 0.1) is 16.7 Å². The minimum Gasteiger partial charge on any atom is -0.310 e. The first kappa shape index (κ1) is 40.5. The molecule has 320 valence electrons. The molecular weight excluding hydrogens is 821 g/mol. The number of nitrogens with zero attached hydrogens (tertiary/aromatic N) is 2. The van der Waals surface area contributed by atoms with Crippen LogP contribution in [-0.4, -0.2) is 4.57 Å². The van der Waals surface area contributed by atoms with E-state index in [4.69, 9.17) is 0 Å². The molecule has 2 nitrogen and oxygen atoms in total. The largest absolute Gasteiger partial charge is 0.310 e. The van der Waals surface area contributed by atoms with Gasteiger partial charge in [0.1, 0.15) is 0 Å². The van der Waals surface area contributed by atoms with Gasteiger partial charge in [-0.1, -0.05) is 212 Å². The predicted octanol–water partition coefficient (Wildman–Crippen LogP) is 18.3. The molecule has 0 amide bonds. The normalized spacial score (nSPS) is 11.2. The van der Waals surface area contributed by atoms with Gasteiger partial charge in [-0.05, 0) is 128 Å².